The van der Waals surface area contributed by atoms with Crippen molar-refractivity contribution >= 4 is 0 Å². The molecule has 2 nitrogen and oxygen atoms in total. The summed E-state index contributed by atoms with van der Waals surface area (Å²) in [4.78, 5) is 2.00. The number of likely N-dealkylation sites (tertiary alicyclic amines) is 1. The van der Waals surface area contributed by atoms with Crippen LogP contribution in [-0.2, 0) is 0 Å². The lowest BCUT2D eigenvalue weighted by Crippen LogP contribution is -2.50. The molecule has 0 saturated carbocycles. The van der Waals surface area contributed by atoms with Crippen LogP contribution in [0.2, 0.25) is 0 Å². The molecule has 0 radical (unpaired) electrons. The van der Waals surface area contributed by atoms with E-state index in [0.29, 0.717) is 19.5 Å². The molecule has 1 saturated heterocycles. The SMILES string of the molecule is CN1CCC(C(F)F)C(C)(CO)C1. The number of aliphatic hydroxyl groups is 1. The van der Waals surface area contributed by atoms with Crippen LogP contribution >= 0.6 is 0 Å². The van der Waals surface area contributed by atoms with E-state index >= 15 is 0 Å². The van der Waals surface area contributed by atoms with Gasteiger partial charge in [0.1, 0.15) is 0 Å². The minimum Gasteiger partial charge on any atom is -0.396 e. The van der Waals surface area contributed by atoms with Gasteiger partial charge in [-0.3, -0.25) is 0 Å². The first kappa shape index (κ1) is 10.9. The van der Waals surface area contributed by atoms with Crippen molar-refractivity contribution in [3.05, 3.63) is 0 Å². The van der Waals surface area contributed by atoms with Gasteiger partial charge in [-0.25, -0.2) is 8.78 Å². The maximum absolute atomic E-state index is 12.6. The van der Waals surface area contributed by atoms with Crippen LogP contribution in [0, 0.1) is 11.3 Å². The highest BCUT2D eigenvalue weighted by atomic mass is 19.3. The zero-order valence-corrected chi connectivity index (χ0v) is 8.13. The summed E-state index contributed by atoms with van der Waals surface area (Å²) < 4.78 is 25.2. The molecular formula is C9H17F2NO. The normalized spacial score (nSPS) is 36.9. The second-order valence-corrected chi connectivity index (χ2v) is 4.28. The van der Waals surface area contributed by atoms with Crippen molar-refractivity contribution < 1.29 is 13.9 Å². The van der Waals surface area contributed by atoms with Crippen molar-refractivity contribution in [2.24, 2.45) is 11.3 Å². The van der Waals surface area contributed by atoms with Crippen LogP contribution in [0.1, 0.15) is 13.3 Å². The Labute approximate surface area is 77.5 Å². The number of aliphatic hydroxyl groups excluding tert-OH is 1. The average molecular weight is 193 g/mol. The molecule has 1 aliphatic rings. The van der Waals surface area contributed by atoms with Gasteiger partial charge >= 0.3 is 0 Å². The largest absolute Gasteiger partial charge is 0.396 e. The highest BCUT2D eigenvalue weighted by molar-refractivity contribution is 4.90. The highest BCUT2D eigenvalue weighted by Crippen LogP contribution is 2.38. The average Bonchev–Trinajstić information content (AvgIpc) is 2.03. The van der Waals surface area contributed by atoms with E-state index in [0.717, 1.165) is 0 Å². The predicted octanol–water partition coefficient (Wildman–Crippen LogP) is 1.20. The second-order valence-electron chi connectivity index (χ2n) is 4.28. The molecule has 0 bridgehead atoms. The fraction of sp³-hybridized carbons (Fsp3) is 1.00. The lowest BCUT2D eigenvalue weighted by atomic mass is 9.73. The van der Waals surface area contributed by atoms with E-state index in [1.807, 2.05) is 11.9 Å². The van der Waals surface area contributed by atoms with Crippen LogP contribution in [0.25, 0.3) is 0 Å². The Morgan fingerprint density at radius 3 is 2.69 bits per heavy atom. The van der Waals surface area contributed by atoms with E-state index in [4.69, 9.17) is 5.11 Å². The van der Waals surface area contributed by atoms with E-state index in [2.05, 4.69) is 0 Å². The van der Waals surface area contributed by atoms with Gasteiger partial charge in [-0.05, 0) is 20.0 Å². The summed E-state index contributed by atoms with van der Waals surface area (Å²) in [5.41, 5.74) is -0.638. The number of nitrogens with zero attached hydrogens (tertiary/aromatic N) is 1. The molecule has 2 atom stereocenters. The van der Waals surface area contributed by atoms with E-state index in [-0.39, 0.29) is 6.61 Å². The van der Waals surface area contributed by atoms with Gasteiger partial charge in [0.05, 0.1) is 6.61 Å². The molecule has 0 aromatic heterocycles. The molecule has 0 aromatic rings. The van der Waals surface area contributed by atoms with Crippen LogP contribution in [0.5, 0.6) is 0 Å². The van der Waals surface area contributed by atoms with Gasteiger partial charge in [-0.2, -0.15) is 0 Å². The Bertz CT molecular complexity index is 177. The van der Waals surface area contributed by atoms with Crippen molar-refractivity contribution in [1.82, 2.24) is 4.90 Å². The fourth-order valence-electron chi connectivity index (χ4n) is 2.12. The molecule has 2 unspecified atom stereocenters. The topological polar surface area (TPSA) is 23.5 Å². The number of hydrogen-bond donors (Lipinski definition) is 1. The molecule has 0 spiro atoms. The molecule has 1 heterocycles. The van der Waals surface area contributed by atoms with Gasteiger partial charge in [-0.1, -0.05) is 6.92 Å². The first-order chi connectivity index (χ1) is 5.99. The fourth-order valence-corrected chi connectivity index (χ4v) is 2.12. The molecule has 1 fully saturated rings. The monoisotopic (exact) mass is 193 g/mol. The van der Waals surface area contributed by atoms with E-state index < -0.39 is 17.8 Å². The quantitative estimate of drug-likeness (QED) is 0.712. The van der Waals surface area contributed by atoms with Crippen LogP contribution in [0.4, 0.5) is 8.78 Å². The summed E-state index contributed by atoms with van der Waals surface area (Å²) in [6, 6.07) is 0. The molecule has 1 N–H and O–H groups in total. The van der Waals surface area contributed by atoms with Gasteiger partial charge in [0.2, 0.25) is 6.43 Å². The van der Waals surface area contributed by atoms with Crippen molar-refractivity contribution in [3.8, 4) is 0 Å². The summed E-state index contributed by atoms with van der Waals surface area (Å²) in [7, 11) is 1.90. The van der Waals surface area contributed by atoms with Crippen LogP contribution in [-0.4, -0.2) is 43.2 Å². The van der Waals surface area contributed by atoms with E-state index in [1.165, 1.54) is 0 Å². The number of halogens is 2. The Hall–Kier alpha value is -0.220. The van der Waals surface area contributed by atoms with Gasteiger partial charge in [-0.15, -0.1) is 0 Å². The summed E-state index contributed by atoms with van der Waals surface area (Å²) in [5, 5.41) is 9.13. The molecule has 0 amide bonds. The molecule has 78 valence electrons. The van der Waals surface area contributed by atoms with E-state index in [9.17, 15) is 8.78 Å². The molecule has 1 aliphatic heterocycles. The Morgan fingerprint density at radius 1 is 1.62 bits per heavy atom. The number of rotatable bonds is 2. The van der Waals surface area contributed by atoms with Crippen molar-refractivity contribution in [1.29, 1.82) is 0 Å². The van der Waals surface area contributed by atoms with Crippen LogP contribution in [0.15, 0.2) is 0 Å². The first-order valence-corrected chi connectivity index (χ1v) is 4.57. The minimum atomic E-state index is -2.31. The summed E-state index contributed by atoms with van der Waals surface area (Å²) in [6.45, 7) is 2.83. The Balaban J connectivity index is 2.72. The number of hydrogen-bond acceptors (Lipinski definition) is 2. The molecule has 1 rings (SSSR count). The van der Waals surface area contributed by atoms with Gasteiger partial charge < -0.3 is 10.0 Å². The molecule has 13 heavy (non-hydrogen) atoms. The second kappa shape index (κ2) is 3.88. The molecule has 0 aliphatic carbocycles. The smallest absolute Gasteiger partial charge is 0.242 e. The van der Waals surface area contributed by atoms with E-state index in [1.54, 1.807) is 6.92 Å². The maximum Gasteiger partial charge on any atom is 0.242 e. The lowest BCUT2D eigenvalue weighted by molar-refractivity contribution is -0.0715. The summed E-state index contributed by atoms with van der Waals surface area (Å²) in [6.07, 6.45) is -1.84. The van der Waals surface area contributed by atoms with Crippen molar-refractivity contribution in [3.63, 3.8) is 0 Å². The van der Waals surface area contributed by atoms with Crippen molar-refractivity contribution in [2.45, 2.75) is 19.8 Å². The summed E-state index contributed by atoms with van der Waals surface area (Å²) >= 11 is 0. The predicted molar refractivity (Wildman–Crippen MR) is 46.8 cm³/mol. The maximum atomic E-state index is 12.6. The minimum absolute atomic E-state index is 0.160. The van der Waals surface area contributed by atoms with Gasteiger partial charge in [0.15, 0.2) is 0 Å². The third-order valence-corrected chi connectivity index (χ3v) is 3.01. The number of piperidine rings is 1. The van der Waals surface area contributed by atoms with Crippen molar-refractivity contribution in [2.75, 3.05) is 26.7 Å². The zero-order valence-electron chi connectivity index (χ0n) is 8.13. The first-order valence-electron chi connectivity index (χ1n) is 4.57. The zero-order chi connectivity index (χ0) is 10.1. The number of alkyl halides is 2. The third kappa shape index (κ3) is 2.17. The van der Waals surface area contributed by atoms with Crippen LogP contribution in [0.3, 0.4) is 0 Å². The van der Waals surface area contributed by atoms with Gasteiger partial charge in [0.25, 0.3) is 0 Å². The lowest BCUT2D eigenvalue weighted by Gasteiger charge is -2.43. The standard InChI is InChI=1S/C9H17F2NO/c1-9(6-13)5-12(2)4-3-7(9)8(10)11/h7-8,13H,3-6H2,1-2H3. The molecular weight excluding hydrogens is 176 g/mol. The molecule has 4 heteroatoms. The summed E-state index contributed by atoms with van der Waals surface area (Å²) in [5.74, 6) is -0.659. The van der Waals surface area contributed by atoms with Crippen LogP contribution < -0.4 is 0 Å². The Morgan fingerprint density at radius 2 is 2.23 bits per heavy atom. The molecule has 0 aromatic carbocycles. The highest BCUT2D eigenvalue weighted by Gasteiger charge is 2.42. The third-order valence-electron chi connectivity index (χ3n) is 3.01. The van der Waals surface area contributed by atoms with Gasteiger partial charge in [0, 0.05) is 17.9 Å². The Kier molecular flexibility index (Phi) is 3.24.